The van der Waals surface area contributed by atoms with Crippen LogP contribution in [0.2, 0.25) is 0 Å². The average molecular weight is 350 g/mol. The van der Waals surface area contributed by atoms with E-state index in [0.717, 1.165) is 22.9 Å². The maximum atomic E-state index is 12.2. The number of H-pyrrole nitrogens is 1. The Bertz CT molecular complexity index is 886. The first-order valence-corrected chi connectivity index (χ1v) is 8.74. The number of amides is 1. The third-order valence-electron chi connectivity index (χ3n) is 4.44. The summed E-state index contributed by atoms with van der Waals surface area (Å²) in [5, 5.41) is 13.1. The third kappa shape index (κ3) is 4.51. The molecule has 5 heteroatoms. The van der Waals surface area contributed by atoms with E-state index >= 15 is 0 Å². The third-order valence-corrected chi connectivity index (χ3v) is 4.44. The van der Waals surface area contributed by atoms with Crippen molar-refractivity contribution in [1.29, 1.82) is 0 Å². The van der Waals surface area contributed by atoms with Gasteiger partial charge in [-0.2, -0.15) is 0 Å². The summed E-state index contributed by atoms with van der Waals surface area (Å²) in [7, 11) is 0. The Labute approximate surface area is 152 Å². The van der Waals surface area contributed by atoms with Gasteiger partial charge in [0.1, 0.15) is 6.04 Å². The van der Waals surface area contributed by atoms with Crippen LogP contribution in [0.15, 0.2) is 60.8 Å². The summed E-state index contributed by atoms with van der Waals surface area (Å²) < 4.78 is 0. The molecule has 26 heavy (non-hydrogen) atoms. The molecular weight excluding hydrogens is 328 g/mol. The smallest absolute Gasteiger partial charge is 0.326 e. The van der Waals surface area contributed by atoms with Gasteiger partial charge in [-0.3, -0.25) is 4.79 Å². The number of carboxylic acids is 1. The maximum Gasteiger partial charge on any atom is 0.326 e. The number of aliphatic carboxylic acids is 1. The molecule has 0 fully saturated rings. The zero-order chi connectivity index (χ0) is 18.4. The lowest BCUT2D eigenvalue weighted by atomic mass is 10.0. The first-order valence-electron chi connectivity index (χ1n) is 8.74. The SMILES string of the molecule is O=C(CCCc1ccccc1)N[C@@H](Cc1c[nH]c2ccccc12)C(=O)O. The molecule has 1 amide bonds. The van der Waals surface area contributed by atoms with Gasteiger partial charge >= 0.3 is 5.97 Å². The standard InChI is InChI=1S/C21H22N2O3/c24-20(12-6-9-15-7-2-1-3-8-15)23-19(21(25)26)13-16-14-22-18-11-5-4-10-17(16)18/h1-5,7-8,10-11,14,19,22H,6,9,12-13H2,(H,23,24)(H,25,26)/t19-/m0/s1. The van der Waals surface area contributed by atoms with Crippen LogP contribution < -0.4 is 5.32 Å². The van der Waals surface area contributed by atoms with E-state index in [0.29, 0.717) is 12.8 Å². The van der Waals surface area contributed by atoms with Crippen LogP contribution >= 0.6 is 0 Å². The van der Waals surface area contributed by atoms with Crippen LogP contribution in [-0.4, -0.2) is 28.0 Å². The van der Waals surface area contributed by atoms with Crippen molar-refractivity contribution >= 4 is 22.8 Å². The molecule has 3 aromatic rings. The summed E-state index contributed by atoms with van der Waals surface area (Å²) in [6.45, 7) is 0. The quantitative estimate of drug-likeness (QED) is 0.583. The number of aromatic nitrogens is 1. The molecule has 0 aliphatic heterocycles. The van der Waals surface area contributed by atoms with E-state index in [1.54, 1.807) is 0 Å². The van der Waals surface area contributed by atoms with Gasteiger partial charge in [0.2, 0.25) is 5.91 Å². The fourth-order valence-electron chi connectivity index (χ4n) is 3.08. The van der Waals surface area contributed by atoms with Gasteiger partial charge in [-0.25, -0.2) is 4.79 Å². The van der Waals surface area contributed by atoms with Gasteiger partial charge < -0.3 is 15.4 Å². The summed E-state index contributed by atoms with van der Waals surface area (Å²) in [5.74, 6) is -1.25. The fourth-order valence-corrected chi connectivity index (χ4v) is 3.08. The minimum atomic E-state index is -1.02. The van der Waals surface area contributed by atoms with Crippen LogP contribution in [0.4, 0.5) is 0 Å². The molecule has 3 N–H and O–H groups in total. The van der Waals surface area contributed by atoms with E-state index in [-0.39, 0.29) is 12.3 Å². The van der Waals surface area contributed by atoms with E-state index in [9.17, 15) is 14.7 Å². The van der Waals surface area contributed by atoms with Crippen LogP contribution in [0.25, 0.3) is 10.9 Å². The van der Waals surface area contributed by atoms with Gasteiger partial charge in [-0.15, -0.1) is 0 Å². The number of aryl methyl sites for hydroxylation is 1. The number of hydrogen-bond acceptors (Lipinski definition) is 2. The number of fused-ring (bicyclic) bond motifs is 1. The highest BCUT2D eigenvalue weighted by molar-refractivity contribution is 5.86. The van der Waals surface area contributed by atoms with Crippen molar-refractivity contribution in [2.45, 2.75) is 31.7 Å². The number of hydrogen-bond donors (Lipinski definition) is 3. The first kappa shape index (κ1) is 17.7. The number of para-hydroxylation sites is 1. The van der Waals surface area contributed by atoms with Gasteiger partial charge in [0, 0.05) is 29.9 Å². The van der Waals surface area contributed by atoms with Crippen molar-refractivity contribution in [3.8, 4) is 0 Å². The highest BCUT2D eigenvalue weighted by atomic mass is 16.4. The van der Waals surface area contributed by atoms with Crippen LogP contribution in [0.5, 0.6) is 0 Å². The lowest BCUT2D eigenvalue weighted by molar-refractivity contribution is -0.141. The molecule has 1 heterocycles. The zero-order valence-corrected chi connectivity index (χ0v) is 14.4. The van der Waals surface area contributed by atoms with Crippen LogP contribution in [0.1, 0.15) is 24.0 Å². The average Bonchev–Trinajstić information content (AvgIpc) is 3.05. The van der Waals surface area contributed by atoms with Gasteiger partial charge in [0.05, 0.1) is 0 Å². The van der Waals surface area contributed by atoms with Crippen LogP contribution in [-0.2, 0) is 22.4 Å². The van der Waals surface area contributed by atoms with Gasteiger partial charge in [0.15, 0.2) is 0 Å². The second-order valence-electron chi connectivity index (χ2n) is 6.36. The molecule has 5 nitrogen and oxygen atoms in total. The highest BCUT2D eigenvalue weighted by Crippen LogP contribution is 2.19. The summed E-state index contributed by atoms with van der Waals surface area (Å²) in [6, 6.07) is 16.7. The van der Waals surface area contributed by atoms with Crippen molar-refractivity contribution in [3.05, 3.63) is 71.9 Å². The van der Waals surface area contributed by atoms with Gasteiger partial charge in [0.25, 0.3) is 0 Å². The molecule has 134 valence electrons. The second kappa shape index (κ2) is 8.34. The molecule has 3 rings (SSSR count). The minimum Gasteiger partial charge on any atom is -0.480 e. The number of aromatic amines is 1. The monoisotopic (exact) mass is 350 g/mol. The maximum absolute atomic E-state index is 12.2. The van der Waals surface area contributed by atoms with Crippen molar-refractivity contribution in [3.63, 3.8) is 0 Å². The molecule has 0 saturated heterocycles. The molecule has 0 unspecified atom stereocenters. The van der Waals surface area contributed by atoms with Crippen molar-refractivity contribution in [2.75, 3.05) is 0 Å². The summed E-state index contributed by atoms with van der Waals surface area (Å²) in [5.41, 5.74) is 3.02. The highest BCUT2D eigenvalue weighted by Gasteiger charge is 2.21. The number of carbonyl (C=O) groups is 2. The number of carbonyl (C=O) groups excluding carboxylic acids is 1. The van der Waals surface area contributed by atoms with E-state index in [1.165, 1.54) is 5.56 Å². The number of benzene rings is 2. The number of rotatable bonds is 8. The van der Waals surface area contributed by atoms with Crippen LogP contribution in [0.3, 0.4) is 0 Å². The van der Waals surface area contributed by atoms with Gasteiger partial charge in [-0.05, 0) is 30.0 Å². The predicted octanol–water partition coefficient (Wildman–Crippen LogP) is 3.30. The minimum absolute atomic E-state index is 0.229. The molecule has 0 bridgehead atoms. The Morgan fingerprint density at radius 1 is 1.04 bits per heavy atom. The van der Waals surface area contributed by atoms with Crippen molar-refractivity contribution in [1.82, 2.24) is 10.3 Å². The Balaban J connectivity index is 1.56. The Kier molecular flexibility index (Phi) is 5.69. The summed E-state index contributed by atoms with van der Waals surface area (Å²) in [4.78, 5) is 26.9. The summed E-state index contributed by atoms with van der Waals surface area (Å²) in [6.07, 6.45) is 3.86. The largest absolute Gasteiger partial charge is 0.480 e. The molecule has 2 aromatic carbocycles. The second-order valence-corrected chi connectivity index (χ2v) is 6.36. The van der Waals surface area contributed by atoms with E-state index in [4.69, 9.17) is 0 Å². The first-order chi connectivity index (χ1) is 12.6. The Morgan fingerprint density at radius 2 is 1.77 bits per heavy atom. The molecule has 0 saturated carbocycles. The molecule has 0 radical (unpaired) electrons. The number of nitrogens with one attached hydrogen (secondary N) is 2. The normalized spacial score (nSPS) is 12.0. The lowest BCUT2D eigenvalue weighted by Gasteiger charge is -2.14. The van der Waals surface area contributed by atoms with Crippen molar-refractivity contribution < 1.29 is 14.7 Å². The zero-order valence-electron chi connectivity index (χ0n) is 14.4. The molecular formula is C21H22N2O3. The Morgan fingerprint density at radius 3 is 2.54 bits per heavy atom. The van der Waals surface area contributed by atoms with E-state index in [1.807, 2.05) is 60.8 Å². The van der Waals surface area contributed by atoms with E-state index in [2.05, 4.69) is 10.3 Å². The molecule has 1 aromatic heterocycles. The molecule has 0 spiro atoms. The predicted molar refractivity (Wildman–Crippen MR) is 101 cm³/mol. The van der Waals surface area contributed by atoms with Crippen LogP contribution in [0, 0.1) is 0 Å². The summed E-state index contributed by atoms with van der Waals surface area (Å²) >= 11 is 0. The molecule has 0 aliphatic rings. The van der Waals surface area contributed by atoms with Gasteiger partial charge in [-0.1, -0.05) is 48.5 Å². The Hall–Kier alpha value is -3.08. The molecule has 1 atom stereocenters. The van der Waals surface area contributed by atoms with Crippen molar-refractivity contribution in [2.24, 2.45) is 0 Å². The fraction of sp³-hybridized carbons (Fsp3) is 0.238. The molecule has 0 aliphatic carbocycles. The number of carboxylic acid groups (broad SMARTS) is 1. The lowest BCUT2D eigenvalue weighted by Crippen LogP contribution is -2.42. The topological polar surface area (TPSA) is 82.2 Å². The van der Waals surface area contributed by atoms with E-state index < -0.39 is 12.0 Å².